The molecule has 0 amide bonds. The molecule has 1 heteroatoms. The summed E-state index contributed by atoms with van der Waals surface area (Å²) < 4.78 is 0. The average Bonchev–Trinajstić information content (AvgIpc) is 2.29. The van der Waals surface area contributed by atoms with Crippen LogP contribution < -0.4 is 0 Å². The molecule has 0 heterocycles. The van der Waals surface area contributed by atoms with Crippen molar-refractivity contribution in [3.05, 3.63) is 12.2 Å². The zero-order valence-corrected chi connectivity index (χ0v) is 8.33. The number of allylic oxidation sites excluding steroid dienone is 2. The van der Waals surface area contributed by atoms with E-state index in [1.54, 1.807) is 0 Å². The van der Waals surface area contributed by atoms with Crippen molar-refractivity contribution in [3.8, 4) is 0 Å². The lowest BCUT2D eigenvalue weighted by atomic mass is 9.76. The van der Waals surface area contributed by atoms with E-state index in [1.165, 1.54) is 12.8 Å². The maximum Gasteiger partial charge on any atom is 0.136 e. The van der Waals surface area contributed by atoms with Crippen molar-refractivity contribution in [2.45, 2.75) is 39.0 Å². The molecular formula is C12H18O. The summed E-state index contributed by atoms with van der Waals surface area (Å²) in [6.07, 6.45) is 10.1. The number of hydrogen-bond acceptors (Lipinski definition) is 1. The van der Waals surface area contributed by atoms with E-state index < -0.39 is 0 Å². The fraction of sp³-hybridized carbons (Fsp3) is 0.750. The third-order valence-electron chi connectivity index (χ3n) is 3.45. The molecule has 0 spiro atoms. The molecule has 0 bridgehead atoms. The zero-order chi connectivity index (χ0) is 9.26. The Kier molecular flexibility index (Phi) is 2.52. The van der Waals surface area contributed by atoms with Gasteiger partial charge in [0.05, 0.1) is 0 Å². The monoisotopic (exact) mass is 178 g/mol. The number of carbonyl (C=O) groups excluding carboxylic acids is 1. The first kappa shape index (κ1) is 8.98. The summed E-state index contributed by atoms with van der Waals surface area (Å²) in [6.45, 7) is 2.21. The molecule has 2 aliphatic carbocycles. The van der Waals surface area contributed by atoms with Crippen LogP contribution in [-0.4, -0.2) is 5.78 Å². The highest BCUT2D eigenvalue weighted by Gasteiger charge is 2.31. The molecule has 0 aromatic heterocycles. The fourth-order valence-corrected chi connectivity index (χ4v) is 2.65. The number of rotatable bonds is 0. The summed E-state index contributed by atoms with van der Waals surface area (Å²) in [5.41, 5.74) is 0. The maximum atomic E-state index is 11.8. The number of fused-ring (bicyclic) bond motifs is 1. The van der Waals surface area contributed by atoms with Crippen LogP contribution >= 0.6 is 0 Å². The van der Waals surface area contributed by atoms with Crippen molar-refractivity contribution in [2.24, 2.45) is 17.8 Å². The van der Waals surface area contributed by atoms with Gasteiger partial charge in [-0.1, -0.05) is 25.5 Å². The van der Waals surface area contributed by atoms with Crippen molar-refractivity contribution < 1.29 is 4.79 Å². The molecule has 2 rings (SSSR count). The number of hydrogen-bond donors (Lipinski definition) is 0. The van der Waals surface area contributed by atoms with Crippen LogP contribution in [0.1, 0.15) is 39.0 Å². The van der Waals surface area contributed by atoms with Gasteiger partial charge in [0, 0.05) is 12.3 Å². The van der Waals surface area contributed by atoms with Gasteiger partial charge in [0.1, 0.15) is 5.78 Å². The third-order valence-corrected chi connectivity index (χ3v) is 3.45. The normalized spacial score (nSPS) is 39.8. The molecule has 0 N–H and O–H groups in total. The second kappa shape index (κ2) is 3.65. The van der Waals surface area contributed by atoms with E-state index in [1.807, 2.05) is 0 Å². The number of carbonyl (C=O) groups is 1. The van der Waals surface area contributed by atoms with E-state index in [0.29, 0.717) is 23.5 Å². The molecule has 0 aromatic rings. The molecule has 0 saturated heterocycles. The Morgan fingerprint density at radius 3 is 3.00 bits per heavy atom. The maximum absolute atomic E-state index is 11.8. The molecule has 3 atom stereocenters. The van der Waals surface area contributed by atoms with Gasteiger partial charge in [-0.15, -0.1) is 0 Å². The van der Waals surface area contributed by atoms with Gasteiger partial charge in [0.25, 0.3) is 0 Å². The van der Waals surface area contributed by atoms with Crippen molar-refractivity contribution in [2.75, 3.05) is 0 Å². The van der Waals surface area contributed by atoms with Crippen molar-refractivity contribution in [1.29, 1.82) is 0 Å². The minimum absolute atomic E-state index is 0.363. The largest absolute Gasteiger partial charge is 0.299 e. The molecule has 1 fully saturated rings. The summed E-state index contributed by atoms with van der Waals surface area (Å²) in [5.74, 6) is 2.08. The van der Waals surface area contributed by atoms with Gasteiger partial charge >= 0.3 is 0 Å². The Hall–Kier alpha value is -0.590. The molecule has 1 saturated carbocycles. The molecule has 0 unspecified atom stereocenters. The Morgan fingerprint density at radius 1 is 1.31 bits per heavy atom. The third kappa shape index (κ3) is 1.84. The number of Topliss-reactive ketones (excluding diaryl/α,β-unsaturated/α-hetero) is 1. The first-order valence-corrected chi connectivity index (χ1v) is 5.48. The van der Waals surface area contributed by atoms with Gasteiger partial charge in [-0.2, -0.15) is 0 Å². The second-order valence-corrected chi connectivity index (χ2v) is 4.58. The summed E-state index contributed by atoms with van der Waals surface area (Å²) in [4.78, 5) is 11.8. The molecule has 13 heavy (non-hydrogen) atoms. The molecule has 2 aliphatic rings. The van der Waals surface area contributed by atoms with Crippen molar-refractivity contribution >= 4 is 5.78 Å². The smallest absolute Gasteiger partial charge is 0.136 e. The highest BCUT2D eigenvalue weighted by Crippen LogP contribution is 2.35. The van der Waals surface area contributed by atoms with Gasteiger partial charge in [0.2, 0.25) is 0 Å². The SMILES string of the molecule is C[C@@H]1C=C[C@@H]2CCCCC(=O)[C@@H]2C1. The van der Waals surface area contributed by atoms with Crippen molar-refractivity contribution in [1.82, 2.24) is 0 Å². The van der Waals surface area contributed by atoms with E-state index in [4.69, 9.17) is 0 Å². The minimum Gasteiger partial charge on any atom is -0.299 e. The van der Waals surface area contributed by atoms with E-state index in [0.717, 1.165) is 19.3 Å². The molecular weight excluding hydrogens is 160 g/mol. The van der Waals surface area contributed by atoms with Gasteiger partial charge in [-0.3, -0.25) is 4.79 Å². The van der Waals surface area contributed by atoms with E-state index in [9.17, 15) is 4.79 Å². The van der Waals surface area contributed by atoms with Gasteiger partial charge in [0.15, 0.2) is 0 Å². The predicted molar refractivity (Wildman–Crippen MR) is 53.4 cm³/mol. The second-order valence-electron chi connectivity index (χ2n) is 4.58. The summed E-state index contributed by atoms with van der Waals surface area (Å²) >= 11 is 0. The molecule has 1 nitrogen and oxygen atoms in total. The molecule has 0 aliphatic heterocycles. The van der Waals surface area contributed by atoms with Crippen LogP contribution in [0.3, 0.4) is 0 Å². The minimum atomic E-state index is 0.363. The standard InChI is InChI=1S/C12H18O/c1-9-6-7-10-4-2-3-5-12(13)11(10)8-9/h6-7,9-11H,2-5,8H2,1H3/t9-,10+,11-/m1/s1. The summed E-state index contributed by atoms with van der Waals surface area (Å²) in [7, 11) is 0. The highest BCUT2D eigenvalue weighted by atomic mass is 16.1. The van der Waals surface area contributed by atoms with Crippen LogP contribution in [0.4, 0.5) is 0 Å². The average molecular weight is 178 g/mol. The van der Waals surface area contributed by atoms with Gasteiger partial charge in [-0.05, 0) is 31.1 Å². The van der Waals surface area contributed by atoms with Crippen LogP contribution in [0.5, 0.6) is 0 Å². The molecule has 0 aromatic carbocycles. The first-order valence-electron chi connectivity index (χ1n) is 5.48. The lowest BCUT2D eigenvalue weighted by Crippen LogP contribution is -2.25. The summed E-state index contributed by atoms with van der Waals surface area (Å²) in [5, 5.41) is 0. The van der Waals surface area contributed by atoms with E-state index in [2.05, 4.69) is 19.1 Å². The van der Waals surface area contributed by atoms with Crippen LogP contribution in [-0.2, 0) is 4.79 Å². The van der Waals surface area contributed by atoms with Gasteiger partial charge < -0.3 is 0 Å². The predicted octanol–water partition coefficient (Wildman–Crippen LogP) is 2.96. The van der Waals surface area contributed by atoms with Gasteiger partial charge in [-0.25, -0.2) is 0 Å². The van der Waals surface area contributed by atoms with Crippen molar-refractivity contribution in [3.63, 3.8) is 0 Å². The Labute approximate surface area is 80.2 Å². The summed E-state index contributed by atoms with van der Waals surface area (Å²) in [6, 6.07) is 0. The van der Waals surface area contributed by atoms with Crippen LogP contribution in [0.15, 0.2) is 12.2 Å². The molecule has 72 valence electrons. The van der Waals surface area contributed by atoms with Crippen LogP contribution in [0.2, 0.25) is 0 Å². The fourth-order valence-electron chi connectivity index (χ4n) is 2.65. The topological polar surface area (TPSA) is 17.1 Å². The quantitative estimate of drug-likeness (QED) is 0.521. The molecule has 0 radical (unpaired) electrons. The van der Waals surface area contributed by atoms with Crippen LogP contribution in [0.25, 0.3) is 0 Å². The van der Waals surface area contributed by atoms with E-state index >= 15 is 0 Å². The Bertz CT molecular complexity index is 229. The lowest BCUT2D eigenvalue weighted by Gasteiger charge is -2.27. The zero-order valence-electron chi connectivity index (χ0n) is 8.33. The first-order chi connectivity index (χ1) is 6.27. The van der Waals surface area contributed by atoms with Crippen LogP contribution in [0, 0.1) is 17.8 Å². The lowest BCUT2D eigenvalue weighted by molar-refractivity contribution is -0.124. The highest BCUT2D eigenvalue weighted by molar-refractivity contribution is 5.82. The Balaban J connectivity index is 2.16. The van der Waals surface area contributed by atoms with E-state index in [-0.39, 0.29) is 0 Å². The Morgan fingerprint density at radius 2 is 2.15 bits per heavy atom. The number of ketones is 1.